The normalized spacial score (nSPS) is 15.2. The minimum atomic E-state index is -0.246. The number of halogens is 1. The number of imidazole rings is 1. The molecule has 0 saturated heterocycles. The minimum Gasteiger partial charge on any atom is -0.321 e. The zero-order valence-electron chi connectivity index (χ0n) is 10.6. The van der Waals surface area contributed by atoms with Crippen molar-refractivity contribution in [3.63, 3.8) is 0 Å². The predicted octanol–water partition coefficient (Wildman–Crippen LogP) is 3.15. The van der Waals surface area contributed by atoms with Crippen molar-refractivity contribution in [3.05, 3.63) is 53.4 Å². The minimum absolute atomic E-state index is 0.246. The summed E-state index contributed by atoms with van der Waals surface area (Å²) in [7, 11) is 0. The molecule has 0 aliphatic heterocycles. The molecule has 0 amide bonds. The Labute approximate surface area is 111 Å². The molecule has 0 spiro atoms. The fourth-order valence-corrected chi connectivity index (χ4v) is 2.47. The van der Waals surface area contributed by atoms with E-state index in [1.165, 1.54) is 18.6 Å². The summed E-state index contributed by atoms with van der Waals surface area (Å²) >= 11 is 0. The van der Waals surface area contributed by atoms with Gasteiger partial charge >= 0.3 is 0 Å². The zero-order valence-corrected chi connectivity index (χ0v) is 10.6. The molecule has 0 N–H and O–H groups in total. The third-order valence-corrected chi connectivity index (χ3v) is 3.80. The van der Waals surface area contributed by atoms with Crippen LogP contribution in [0, 0.1) is 5.82 Å². The molecule has 0 bridgehead atoms. The van der Waals surface area contributed by atoms with Crippen molar-refractivity contribution in [1.29, 1.82) is 0 Å². The lowest BCUT2D eigenvalue weighted by Gasteiger charge is -2.26. The van der Waals surface area contributed by atoms with E-state index < -0.39 is 0 Å². The second-order valence-corrected chi connectivity index (χ2v) is 5.00. The van der Waals surface area contributed by atoms with Gasteiger partial charge in [-0.1, -0.05) is 18.6 Å². The van der Waals surface area contributed by atoms with Crippen LogP contribution in [0.3, 0.4) is 0 Å². The van der Waals surface area contributed by atoms with E-state index in [2.05, 4.69) is 4.98 Å². The first-order valence-electron chi connectivity index (χ1n) is 6.53. The fourth-order valence-electron chi connectivity index (χ4n) is 2.47. The van der Waals surface area contributed by atoms with Crippen LogP contribution >= 0.6 is 0 Å². The Morgan fingerprint density at radius 2 is 2.05 bits per heavy atom. The second kappa shape index (κ2) is 4.96. The number of carbonyl (C=O) groups is 1. The fraction of sp³-hybridized carbons (Fsp3) is 0.333. The first kappa shape index (κ1) is 12.1. The van der Waals surface area contributed by atoms with Gasteiger partial charge < -0.3 is 4.57 Å². The van der Waals surface area contributed by atoms with E-state index in [9.17, 15) is 9.18 Å². The maximum absolute atomic E-state index is 12.9. The molecule has 1 aliphatic rings. The molecule has 1 aromatic carbocycles. The average molecular weight is 258 g/mol. The molecule has 1 fully saturated rings. The molecule has 0 radical (unpaired) electrons. The summed E-state index contributed by atoms with van der Waals surface area (Å²) in [6.07, 6.45) is 6.15. The van der Waals surface area contributed by atoms with E-state index in [1.807, 2.05) is 4.57 Å². The van der Waals surface area contributed by atoms with Crippen LogP contribution in [0.5, 0.6) is 0 Å². The van der Waals surface area contributed by atoms with E-state index >= 15 is 0 Å². The molecule has 1 aliphatic carbocycles. The van der Waals surface area contributed by atoms with Gasteiger partial charge in [-0.15, -0.1) is 0 Å². The Balaban J connectivity index is 1.91. The molecule has 1 heterocycles. The number of rotatable bonds is 4. The Kier molecular flexibility index (Phi) is 3.15. The molecule has 3 rings (SSSR count). The molecule has 3 nitrogen and oxygen atoms in total. The van der Waals surface area contributed by atoms with Crippen molar-refractivity contribution < 1.29 is 9.18 Å². The van der Waals surface area contributed by atoms with E-state index in [1.54, 1.807) is 18.3 Å². The standard InChI is InChI=1S/C15H15FN2O/c16-13-6-4-11(5-7-13)9-18-14(12-2-1-3-12)8-17-15(18)10-19/h4-8,10,12H,1-3,9H2. The summed E-state index contributed by atoms with van der Waals surface area (Å²) in [5.74, 6) is 0.720. The number of benzene rings is 1. The van der Waals surface area contributed by atoms with Crippen LogP contribution in [-0.4, -0.2) is 15.8 Å². The molecule has 0 atom stereocenters. The van der Waals surface area contributed by atoms with Crippen molar-refractivity contribution in [2.45, 2.75) is 31.7 Å². The molecule has 0 unspecified atom stereocenters. The zero-order chi connectivity index (χ0) is 13.2. The van der Waals surface area contributed by atoms with Gasteiger partial charge in [-0.25, -0.2) is 9.37 Å². The lowest BCUT2D eigenvalue weighted by atomic mass is 9.83. The highest BCUT2D eigenvalue weighted by Gasteiger charge is 2.24. The maximum atomic E-state index is 12.9. The molecule has 2 aromatic rings. The Morgan fingerprint density at radius 3 is 2.63 bits per heavy atom. The summed E-state index contributed by atoms with van der Waals surface area (Å²) in [6, 6.07) is 6.37. The largest absolute Gasteiger partial charge is 0.321 e. The van der Waals surface area contributed by atoms with Gasteiger partial charge in [-0.2, -0.15) is 0 Å². The molecule has 4 heteroatoms. The van der Waals surface area contributed by atoms with E-state index in [-0.39, 0.29) is 5.82 Å². The highest BCUT2D eigenvalue weighted by Crippen LogP contribution is 2.36. The third-order valence-electron chi connectivity index (χ3n) is 3.80. The lowest BCUT2D eigenvalue weighted by Crippen LogP contribution is -2.16. The third kappa shape index (κ3) is 2.30. The topological polar surface area (TPSA) is 34.9 Å². The van der Waals surface area contributed by atoms with Gasteiger partial charge in [0.1, 0.15) is 5.82 Å². The summed E-state index contributed by atoms with van der Waals surface area (Å²) in [6.45, 7) is 0.570. The van der Waals surface area contributed by atoms with E-state index in [0.717, 1.165) is 30.4 Å². The Hall–Kier alpha value is -1.97. The highest BCUT2D eigenvalue weighted by molar-refractivity contribution is 5.69. The molecule has 98 valence electrons. The van der Waals surface area contributed by atoms with Crippen LogP contribution in [0.2, 0.25) is 0 Å². The number of aromatic nitrogens is 2. The van der Waals surface area contributed by atoms with Gasteiger partial charge in [0.05, 0.1) is 0 Å². The summed E-state index contributed by atoms with van der Waals surface area (Å²) in [4.78, 5) is 15.2. The summed E-state index contributed by atoms with van der Waals surface area (Å²) in [5, 5.41) is 0. The quantitative estimate of drug-likeness (QED) is 0.790. The predicted molar refractivity (Wildman–Crippen MR) is 69.7 cm³/mol. The Bertz CT molecular complexity index is 585. The molecule has 1 aromatic heterocycles. The SMILES string of the molecule is O=Cc1ncc(C2CCC2)n1Cc1ccc(F)cc1. The number of nitrogens with zero attached hydrogens (tertiary/aromatic N) is 2. The van der Waals surface area contributed by atoms with Crippen LogP contribution < -0.4 is 0 Å². The van der Waals surface area contributed by atoms with Crippen molar-refractivity contribution >= 4 is 6.29 Å². The monoisotopic (exact) mass is 258 g/mol. The number of aldehydes is 1. The smallest absolute Gasteiger partial charge is 0.185 e. The van der Waals surface area contributed by atoms with Crippen LogP contribution in [0.15, 0.2) is 30.5 Å². The van der Waals surface area contributed by atoms with Gasteiger partial charge in [0, 0.05) is 24.4 Å². The average Bonchev–Trinajstić information content (AvgIpc) is 2.73. The first-order chi connectivity index (χ1) is 9.28. The van der Waals surface area contributed by atoms with Crippen molar-refractivity contribution in [2.24, 2.45) is 0 Å². The Morgan fingerprint density at radius 1 is 1.32 bits per heavy atom. The van der Waals surface area contributed by atoms with Crippen LogP contribution in [0.1, 0.15) is 47.1 Å². The van der Waals surface area contributed by atoms with Crippen LogP contribution in [0.4, 0.5) is 4.39 Å². The van der Waals surface area contributed by atoms with Crippen LogP contribution in [0.25, 0.3) is 0 Å². The van der Waals surface area contributed by atoms with Crippen molar-refractivity contribution in [1.82, 2.24) is 9.55 Å². The summed E-state index contributed by atoms with van der Waals surface area (Å²) in [5.41, 5.74) is 2.10. The molecule has 19 heavy (non-hydrogen) atoms. The number of carbonyl (C=O) groups excluding carboxylic acids is 1. The van der Waals surface area contributed by atoms with Gasteiger partial charge in [0.15, 0.2) is 12.1 Å². The molecule has 1 saturated carbocycles. The second-order valence-electron chi connectivity index (χ2n) is 5.00. The van der Waals surface area contributed by atoms with E-state index in [4.69, 9.17) is 0 Å². The summed E-state index contributed by atoms with van der Waals surface area (Å²) < 4.78 is 14.9. The maximum Gasteiger partial charge on any atom is 0.185 e. The van der Waals surface area contributed by atoms with Crippen molar-refractivity contribution in [3.8, 4) is 0 Å². The van der Waals surface area contributed by atoms with Gasteiger partial charge in [-0.3, -0.25) is 4.79 Å². The van der Waals surface area contributed by atoms with Crippen LogP contribution in [-0.2, 0) is 6.54 Å². The molecular formula is C15H15FN2O. The van der Waals surface area contributed by atoms with Crippen molar-refractivity contribution in [2.75, 3.05) is 0 Å². The lowest BCUT2D eigenvalue weighted by molar-refractivity contribution is 0.111. The van der Waals surface area contributed by atoms with Gasteiger partial charge in [0.25, 0.3) is 0 Å². The number of hydrogen-bond donors (Lipinski definition) is 0. The highest BCUT2D eigenvalue weighted by atomic mass is 19.1. The number of hydrogen-bond acceptors (Lipinski definition) is 2. The first-order valence-corrected chi connectivity index (χ1v) is 6.53. The van der Waals surface area contributed by atoms with Gasteiger partial charge in [-0.05, 0) is 30.5 Å². The van der Waals surface area contributed by atoms with E-state index in [0.29, 0.717) is 18.3 Å². The molecular weight excluding hydrogens is 243 g/mol. The van der Waals surface area contributed by atoms with Gasteiger partial charge in [0.2, 0.25) is 0 Å².